The quantitative estimate of drug-likeness (QED) is 0.0398. The van der Waals surface area contributed by atoms with Gasteiger partial charge in [0.05, 0.1) is 36.1 Å². The zero-order valence-electron chi connectivity index (χ0n) is 45.1. The van der Waals surface area contributed by atoms with E-state index in [0.717, 1.165) is 36.8 Å². The number of benzene rings is 1. The van der Waals surface area contributed by atoms with Crippen molar-refractivity contribution >= 4 is 35.0 Å². The average Bonchev–Trinajstić information content (AvgIpc) is 3.37. The third-order valence-corrected chi connectivity index (χ3v) is 15.0. The summed E-state index contributed by atoms with van der Waals surface area (Å²) in [5.74, 6) is -9.11. The third kappa shape index (κ3) is 16.4. The van der Waals surface area contributed by atoms with Gasteiger partial charge in [-0.25, -0.2) is 4.79 Å². The minimum atomic E-state index is -4.46. The Balaban J connectivity index is 0.000000552. The first-order valence-corrected chi connectivity index (χ1v) is 25.9. The smallest absolute Gasteiger partial charge is 0.416 e. The molecule has 0 radical (unpaired) electrons. The van der Waals surface area contributed by atoms with Crippen molar-refractivity contribution in [2.24, 2.45) is 29.6 Å². The van der Waals surface area contributed by atoms with Crippen LogP contribution >= 0.6 is 0 Å². The second-order valence-electron chi connectivity index (χ2n) is 20.9. The first-order chi connectivity index (χ1) is 35.7. The van der Waals surface area contributed by atoms with Gasteiger partial charge in [0.25, 0.3) is 17.6 Å². The molecule has 20 heteroatoms. The van der Waals surface area contributed by atoms with Crippen molar-refractivity contribution in [3.63, 3.8) is 0 Å². The predicted molar refractivity (Wildman–Crippen MR) is 274 cm³/mol. The van der Waals surface area contributed by atoms with Crippen molar-refractivity contribution in [2.75, 3.05) is 33.2 Å². The van der Waals surface area contributed by atoms with Crippen LogP contribution in [-0.2, 0) is 53.8 Å². The lowest BCUT2D eigenvalue weighted by Crippen LogP contribution is -2.64. The van der Waals surface area contributed by atoms with E-state index in [-0.39, 0.29) is 55.2 Å². The van der Waals surface area contributed by atoms with Gasteiger partial charge in [-0.05, 0) is 127 Å². The van der Waals surface area contributed by atoms with Gasteiger partial charge in [-0.2, -0.15) is 18.4 Å². The highest BCUT2D eigenvalue weighted by Gasteiger charge is 2.56. The number of halogens is 3. The number of alkyl halides is 3. The number of amides is 2. The number of cyclic esters (lactones) is 1. The van der Waals surface area contributed by atoms with Crippen molar-refractivity contribution in [1.82, 2.24) is 4.90 Å². The molecule has 3 aliphatic heterocycles. The summed E-state index contributed by atoms with van der Waals surface area (Å²) in [6.07, 6.45) is 0.474. The van der Waals surface area contributed by atoms with Crippen molar-refractivity contribution in [3.05, 3.63) is 77.1 Å². The molecule has 5 rings (SSSR count). The number of allylic oxidation sites excluding steroid dienone is 5. The van der Waals surface area contributed by atoms with E-state index in [1.54, 1.807) is 27.0 Å². The average molecular weight is 1070 g/mol. The topological polar surface area (TPSA) is 251 Å². The molecule has 0 aromatic heterocycles. The standard InChI is InChI=1S/C44H69NO12.C12H9F3N2O2/c1-10-13-31-19-25(2)18-26(3)20-37(54-8)40-38(55-9)22-28(5)44(52,57-40)41(49)42(50)45-17-12-11-14-32(45)43(51)56-39(29(6)34(47)24-35(31)48)27(4)21-30-15-16-33(46)36(23-30)53-7;1-7(18)10(6-16)11(19)17-9-4-2-8(3-5-9)12(13,14)15/h10,19,21,26,28-34,36-40,46-47,52H,1,11-18,20,22-24H2,2-9H3;2-5,18H,1H3,(H,17,19)/b25-19+,27-21+;10-7-/t26-,28+,29+,30-,31+,32-,33+,34-,36+,37-,38-,39+,40+,44+;/m0./s1. The SMILES string of the molecule is C/C(O)=C(\C#N)C(=O)Nc1ccc(C(F)(F)F)cc1.C=CC[C@@H]1/C=C(\C)C[C@H](C)C[C@H](OC)[C@H]2O[C@@](O)(C(=O)C(=O)N3CCCC[C@H]3C(=O)O[C@H](/C(C)=C/[C@@H]3CC[C@@H](O)[C@H](OC)C3)[C@H](C)[C@@H](O)CC1=O)[C@H](C)C[C@@H]2OC. The highest BCUT2D eigenvalue weighted by atomic mass is 19.4. The van der Waals surface area contributed by atoms with Gasteiger partial charge in [0.15, 0.2) is 5.57 Å². The molecule has 76 heavy (non-hydrogen) atoms. The molecule has 17 nitrogen and oxygen atoms in total. The number of piperidine rings is 1. The van der Waals surface area contributed by atoms with Crippen LogP contribution in [0.2, 0.25) is 0 Å². The van der Waals surface area contributed by atoms with Crippen LogP contribution in [0.3, 0.4) is 0 Å². The molecule has 2 bridgehead atoms. The van der Waals surface area contributed by atoms with Gasteiger partial charge in [-0.15, -0.1) is 6.58 Å². The molecule has 3 fully saturated rings. The van der Waals surface area contributed by atoms with Crippen LogP contribution in [0, 0.1) is 40.9 Å². The highest BCUT2D eigenvalue weighted by molar-refractivity contribution is 6.39. The number of aliphatic hydroxyl groups excluding tert-OH is 3. The van der Waals surface area contributed by atoms with E-state index in [0.29, 0.717) is 56.9 Å². The molecule has 1 aromatic rings. The van der Waals surface area contributed by atoms with Gasteiger partial charge in [0.2, 0.25) is 5.79 Å². The van der Waals surface area contributed by atoms with E-state index in [1.807, 2.05) is 32.9 Å². The number of esters is 1. The van der Waals surface area contributed by atoms with E-state index < -0.39 is 113 Å². The number of rotatable bonds is 9. The Morgan fingerprint density at radius 3 is 2.14 bits per heavy atom. The lowest BCUT2D eigenvalue weighted by Gasteiger charge is -2.47. The monoisotopic (exact) mass is 1070 g/mol. The number of nitriles is 1. The second-order valence-corrected chi connectivity index (χ2v) is 20.9. The molecule has 0 spiro atoms. The van der Waals surface area contributed by atoms with Gasteiger partial charge >= 0.3 is 12.1 Å². The number of hydrogen-bond donors (Lipinski definition) is 5. The lowest BCUT2D eigenvalue weighted by atomic mass is 9.81. The molecule has 1 saturated carbocycles. The summed E-state index contributed by atoms with van der Waals surface area (Å²) < 4.78 is 66.6. The molecule has 3 heterocycles. The molecule has 1 aliphatic carbocycles. The normalized spacial score (nSPS) is 33.8. The largest absolute Gasteiger partial charge is 0.511 e. The molecule has 422 valence electrons. The van der Waals surface area contributed by atoms with E-state index in [4.69, 9.17) is 34.1 Å². The summed E-state index contributed by atoms with van der Waals surface area (Å²) in [4.78, 5) is 69.3. The van der Waals surface area contributed by atoms with Crippen molar-refractivity contribution in [2.45, 2.75) is 173 Å². The summed E-state index contributed by atoms with van der Waals surface area (Å²) >= 11 is 0. The minimum absolute atomic E-state index is 0.00988. The highest BCUT2D eigenvalue weighted by Crippen LogP contribution is 2.40. The number of carbonyl (C=O) groups is 5. The van der Waals surface area contributed by atoms with E-state index >= 15 is 0 Å². The Kier molecular flexibility index (Phi) is 23.6. The molecular formula is C56H78F3N3O14. The maximum absolute atomic E-state index is 14.3. The summed E-state index contributed by atoms with van der Waals surface area (Å²) in [5.41, 5.74) is 0.352. The number of Topliss-reactive ketones (excluding diaryl/α,β-unsaturated/α-hetero) is 2. The molecule has 0 unspecified atom stereocenters. The van der Waals surface area contributed by atoms with E-state index in [1.165, 1.54) is 25.2 Å². The number of carbonyl (C=O) groups excluding carboxylic acids is 5. The lowest BCUT2D eigenvalue weighted by molar-refractivity contribution is -0.302. The van der Waals surface area contributed by atoms with Gasteiger partial charge < -0.3 is 54.3 Å². The molecule has 2 saturated heterocycles. The number of ether oxygens (including phenoxy) is 5. The second kappa shape index (κ2) is 28.4. The molecule has 4 aliphatic rings. The van der Waals surface area contributed by atoms with Crippen LogP contribution in [-0.4, -0.2) is 137 Å². The van der Waals surface area contributed by atoms with Crippen LogP contribution < -0.4 is 5.32 Å². The summed E-state index contributed by atoms with van der Waals surface area (Å²) in [7, 11) is 4.61. The number of ketones is 2. The number of hydrogen-bond acceptors (Lipinski definition) is 15. The number of nitrogens with zero attached hydrogens (tertiary/aromatic N) is 2. The van der Waals surface area contributed by atoms with Gasteiger partial charge in [-0.3, -0.25) is 19.2 Å². The zero-order chi connectivity index (χ0) is 56.8. The number of nitrogens with one attached hydrogen (secondary N) is 1. The molecule has 1 aromatic carbocycles. The molecule has 2 amide bonds. The first kappa shape index (κ1) is 63.3. The molecular weight excluding hydrogens is 996 g/mol. The van der Waals surface area contributed by atoms with Crippen LogP contribution in [0.15, 0.2) is 71.6 Å². The van der Waals surface area contributed by atoms with Gasteiger partial charge in [0, 0.05) is 57.7 Å². The zero-order valence-corrected chi connectivity index (χ0v) is 45.1. The van der Waals surface area contributed by atoms with Crippen molar-refractivity contribution < 1.29 is 81.3 Å². The van der Waals surface area contributed by atoms with Crippen molar-refractivity contribution in [1.29, 1.82) is 5.26 Å². The number of fused-ring (bicyclic) bond motifs is 3. The number of anilines is 1. The summed E-state index contributed by atoms with van der Waals surface area (Å²) in [5, 5.41) is 54.0. The summed E-state index contributed by atoms with van der Waals surface area (Å²) in [6.45, 7) is 14.3. The molecule has 5 N–H and O–H groups in total. The fraction of sp³-hybridized carbons (Fsp3) is 0.643. The Hall–Kier alpha value is -5.27. The van der Waals surface area contributed by atoms with Crippen LogP contribution in [0.25, 0.3) is 0 Å². The number of methoxy groups -OCH3 is 3. The molecule has 14 atom stereocenters. The van der Waals surface area contributed by atoms with Gasteiger partial charge in [0.1, 0.15) is 35.9 Å². The maximum atomic E-state index is 14.3. The maximum Gasteiger partial charge on any atom is 0.416 e. The fourth-order valence-corrected chi connectivity index (χ4v) is 10.7. The van der Waals surface area contributed by atoms with Crippen LogP contribution in [0.4, 0.5) is 18.9 Å². The Labute approximate surface area is 444 Å². The minimum Gasteiger partial charge on any atom is -0.511 e. The van der Waals surface area contributed by atoms with E-state index in [9.17, 15) is 52.5 Å². The fourth-order valence-electron chi connectivity index (χ4n) is 10.7. The van der Waals surface area contributed by atoms with Gasteiger partial charge in [-0.1, -0.05) is 44.6 Å². The van der Waals surface area contributed by atoms with E-state index in [2.05, 4.69) is 11.9 Å². The third-order valence-electron chi connectivity index (χ3n) is 15.0. The van der Waals surface area contributed by atoms with Crippen LogP contribution in [0.1, 0.15) is 118 Å². The Morgan fingerprint density at radius 1 is 0.934 bits per heavy atom. The number of aliphatic hydroxyl groups is 4. The predicted octanol–water partition coefficient (Wildman–Crippen LogP) is 7.64. The van der Waals surface area contributed by atoms with Crippen molar-refractivity contribution in [3.8, 4) is 6.07 Å². The first-order valence-electron chi connectivity index (χ1n) is 25.9. The Bertz CT molecular complexity index is 2330. The van der Waals surface area contributed by atoms with Crippen LogP contribution in [0.5, 0.6) is 0 Å². The summed E-state index contributed by atoms with van der Waals surface area (Å²) in [6, 6.07) is 4.07. The Morgan fingerprint density at radius 2 is 1.57 bits per heavy atom.